The van der Waals surface area contributed by atoms with Crippen LogP contribution in [0.15, 0.2) is 21.4 Å². The molecule has 0 amide bonds. The van der Waals surface area contributed by atoms with Crippen molar-refractivity contribution in [2.75, 3.05) is 0 Å². The Kier molecular flexibility index (Phi) is 1.00. The molecular weight excluding hydrogens is 134 g/mol. The van der Waals surface area contributed by atoms with Gasteiger partial charge in [0, 0.05) is 11.3 Å². The second-order valence-corrected chi connectivity index (χ2v) is 1.60. The van der Waals surface area contributed by atoms with E-state index in [1.165, 1.54) is 6.26 Å². The van der Waals surface area contributed by atoms with Crippen molar-refractivity contribution in [3.05, 3.63) is 18.5 Å². The van der Waals surface area contributed by atoms with E-state index in [0.717, 1.165) is 0 Å². The van der Waals surface area contributed by atoms with Gasteiger partial charge in [-0.15, -0.1) is 5.10 Å². The molecule has 2 rings (SSSR count). The molecule has 49 valence electrons. The molecule has 0 N–H and O–H groups in total. The third-order valence-electron chi connectivity index (χ3n) is 0.995. The number of rotatable bonds is 1. The molecule has 0 aliphatic rings. The maximum atomic E-state index is 4.64. The van der Waals surface area contributed by atoms with E-state index in [1.54, 1.807) is 6.07 Å². The molecule has 5 heteroatoms. The van der Waals surface area contributed by atoms with Crippen molar-refractivity contribution in [1.29, 1.82) is 0 Å². The van der Waals surface area contributed by atoms with Crippen molar-refractivity contribution < 1.29 is 9.05 Å². The van der Waals surface area contributed by atoms with Crippen LogP contribution in [0.2, 0.25) is 0 Å². The summed E-state index contributed by atoms with van der Waals surface area (Å²) in [5.41, 5.74) is 0.546. The Labute approximate surface area is 55.6 Å². The molecule has 0 saturated carbocycles. The first kappa shape index (κ1) is 5.16. The van der Waals surface area contributed by atoms with Crippen LogP contribution in [0.3, 0.4) is 0 Å². The largest absolute Gasteiger partial charge is 0.364 e. The van der Waals surface area contributed by atoms with Gasteiger partial charge in [0.05, 0.1) is 0 Å². The van der Waals surface area contributed by atoms with E-state index in [9.17, 15) is 0 Å². The van der Waals surface area contributed by atoms with Gasteiger partial charge in [0.25, 0.3) is 0 Å². The van der Waals surface area contributed by atoms with Crippen LogP contribution in [-0.2, 0) is 0 Å². The van der Waals surface area contributed by atoms with Gasteiger partial charge in [-0.2, -0.15) is 0 Å². The highest BCUT2D eigenvalue weighted by Gasteiger charge is 2.04. The molecule has 10 heavy (non-hydrogen) atoms. The first-order valence-electron chi connectivity index (χ1n) is 2.57. The van der Waals surface area contributed by atoms with Gasteiger partial charge in [-0.1, -0.05) is 5.16 Å². The van der Waals surface area contributed by atoms with E-state index >= 15 is 0 Å². The molecule has 0 aromatic carbocycles. The number of hydrogen-bond acceptors (Lipinski definition) is 5. The maximum Gasteiger partial charge on any atom is 0.219 e. The third-order valence-corrected chi connectivity index (χ3v) is 0.995. The van der Waals surface area contributed by atoms with Crippen molar-refractivity contribution in [3.63, 3.8) is 0 Å². The zero-order chi connectivity index (χ0) is 6.81. The Morgan fingerprint density at radius 1 is 1.50 bits per heavy atom. The van der Waals surface area contributed by atoms with Crippen LogP contribution in [0, 0.1) is 6.20 Å². The molecule has 5 nitrogen and oxygen atoms in total. The maximum absolute atomic E-state index is 4.64. The Morgan fingerprint density at radius 3 is 3.10 bits per heavy atom. The summed E-state index contributed by atoms with van der Waals surface area (Å²) in [7, 11) is 0. The number of hydrogen-bond donors (Lipinski definition) is 0. The van der Waals surface area contributed by atoms with Crippen LogP contribution < -0.4 is 0 Å². The molecule has 0 saturated heterocycles. The summed E-state index contributed by atoms with van der Waals surface area (Å²) >= 11 is 0. The quantitative estimate of drug-likeness (QED) is 0.571. The molecule has 1 radical (unpaired) electrons. The normalized spacial score (nSPS) is 10.0. The van der Waals surface area contributed by atoms with E-state index in [0.29, 0.717) is 11.5 Å². The van der Waals surface area contributed by atoms with Crippen molar-refractivity contribution in [2.45, 2.75) is 0 Å². The predicted molar refractivity (Wildman–Crippen MR) is 28.6 cm³/mol. The Hall–Kier alpha value is -1.65. The molecule has 0 unspecified atom stereocenters. The molecular formula is C5H2N3O2. The smallest absolute Gasteiger partial charge is 0.219 e. The van der Waals surface area contributed by atoms with E-state index in [2.05, 4.69) is 30.8 Å². The van der Waals surface area contributed by atoms with Crippen LogP contribution >= 0.6 is 0 Å². The Bertz CT molecular complexity index is 254. The molecule has 2 aromatic heterocycles. The van der Waals surface area contributed by atoms with Gasteiger partial charge in [-0.25, -0.2) is 0 Å². The minimum atomic E-state index is 0.383. The van der Waals surface area contributed by atoms with Crippen molar-refractivity contribution in [1.82, 2.24) is 15.5 Å². The van der Waals surface area contributed by atoms with Crippen LogP contribution in [0.5, 0.6) is 0 Å². The SMILES string of the molecule is [c]1nnoc1-c1ccon1. The lowest BCUT2D eigenvalue weighted by Crippen LogP contribution is -1.69. The fraction of sp³-hybridized carbons (Fsp3) is 0. The van der Waals surface area contributed by atoms with E-state index in [-0.39, 0.29) is 0 Å². The Morgan fingerprint density at radius 2 is 2.50 bits per heavy atom. The molecule has 2 aromatic rings. The molecule has 0 bridgehead atoms. The van der Waals surface area contributed by atoms with Gasteiger partial charge in [0.2, 0.25) is 5.76 Å². The van der Waals surface area contributed by atoms with E-state index in [4.69, 9.17) is 0 Å². The predicted octanol–water partition coefficient (Wildman–Crippen LogP) is 0.525. The highest BCUT2D eigenvalue weighted by Crippen LogP contribution is 2.12. The van der Waals surface area contributed by atoms with Crippen molar-refractivity contribution in [3.8, 4) is 11.5 Å². The number of nitrogens with zero attached hydrogens (tertiary/aromatic N) is 3. The van der Waals surface area contributed by atoms with Crippen LogP contribution in [0.25, 0.3) is 11.5 Å². The lowest BCUT2D eigenvalue weighted by molar-refractivity contribution is 0.391. The average Bonchev–Trinajstić information content (AvgIpc) is 2.59. The molecule has 0 aliphatic carbocycles. The minimum absolute atomic E-state index is 0.383. The van der Waals surface area contributed by atoms with Gasteiger partial charge in [-0.3, -0.25) is 0 Å². The van der Waals surface area contributed by atoms with Gasteiger partial charge in [-0.05, 0) is 0 Å². The van der Waals surface area contributed by atoms with E-state index in [1.807, 2.05) is 0 Å². The second kappa shape index (κ2) is 1.94. The molecule has 0 fully saturated rings. The first-order valence-corrected chi connectivity index (χ1v) is 2.57. The lowest BCUT2D eigenvalue weighted by Gasteiger charge is -1.77. The standard InChI is InChI=1S/C5H2N3O2/c1-2-9-7-4(1)5-3-6-8-10-5/h1-2H. The monoisotopic (exact) mass is 136 g/mol. The first-order chi connectivity index (χ1) is 4.97. The summed E-state index contributed by atoms with van der Waals surface area (Å²) in [5, 5.41) is 10.1. The molecule has 2 heterocycles. The second-order valence-electron chi connectivity index (χ2n) is 1.60. The molecule has 0 aliphatic heterocycles. The third kappa shape index (κ3) is 0.680. The number of aromatic nitrogens is 3. The summed E-state index contributed by atoms with van der Waals surface area (Å²) in [6.45, 7) is 0. The van der Waals surface area contributed by atoms with Crippen molar-refractivity contribution >= 4 is 0 Å². The highest BCUT2D eigenvalue weighted by atomic mass is 16.5. The fourth-order valence-electron chi connectivity index (χ4n) is 0.581. The van der Waals surface area contributed by atoms with Crippen LogP contribution in [0.1, 0.15) is 0 Å². The summed E-state index contributed by atoms with van der Waals surface area (Å²) in [6, 6.07) is 1.64. The zero-order valence-electron chi connectivity index (χ0n) is 4.81. The van der Waals surface area contributed by atoms with Gasteiger partial charge < -0.3 is 9.05 Å². The van der Waals surface area contributed by atoms with Gasteiger partial charge >= 0.3 is 0 Å². The topological polar surface area (TPSA) is 65.0 Å². The van der Waals surface area contributed by atoms with Crippen LogP contribution in [0.4, 0.5) is 0 Å². The van der Waals surface area contributed by atoms with Crippen LogP contribution in [-0.4, -0.2) is 15.5 Å². The molecule has 0 atom stereocenters. The Balaban J connectivity index is 2.48. The summed E-state index contributed by atoms with van der Waals surface area (Å²) in [5.74, 6) is 0.383. The van der Waals surface area contributed by atoms with Crippen molar-refractivity contribution in [2.24, 2.45) is 0 Å². The average molecular weight is 136 g/mol. The van der Waals surface area contributed by atoms with Gasteiger partial charge in [0.1, 0.15) is 6.26 Å². The summed E-state index contributed by atoms with van der Waals surface area (Å²) in [4.78, 5) is 0. The summed E-state index contributed by atoms with van der Waals surface area (Å²) < 4.78 is 9.19. The summed E-state index contributed by atoms with van der Waals surface area (Å²) in [6.07, 6.45) is 3.93. The highest BCUT2D eigenvalue weighted by molar-refractivity contribution is 5.46. The van der Waals surface area contributed by atoms with Gasteiger partial charge in [0.15, 0.2) is 11.9 Å². The minimum Gasteiger partial charge on any atom is -0.364 e. The fourth-order valence-corrected chi connectivity index (χ4v) is 0.581. The molecule has 0 spiro atoms. The zero-order valence-corrected chi connectivity index (χ0v) is 4.81. The van der Waals surface area contributed by atoms with E-state index < -0.39 is 0 Å². The lowest BCUT2D eigenvalue weighted by atomic mass is 10.4.